The first kappa shape index (κ1) is 15.2. The molecule has 1 aromatic carbocycles. The van der Waals surface area contributed by atoms with E-state index in [0.717, 1.165) is 6.42 Å². The van der Waals surface area contributed by atoms with Gasteiger partial charge in [0.25, 0.3) is 0 Å². The quantitative estimate of drug-likeness (QED) is 0.729. The van der Waals surface area contributed by atoms with Crippen molar-refractivity contribution >= 4 is 17.4 Å². The van der Waals surface area contributed by atoms with E-state index in [-0.39, 0.29) is 5.78 Å². The van der Waals surface area contributed by atoms with Crippen LogP contribution in [0.25, 0.3) is 0 Å². The van der Waals surface area contributed by atoms with Gasteiger partial charge < -0.3 is 0 Å². The van der Waals surface area contributed by atoms with E-state index >= 15 is 0 Å². The molecule has 0 aromatic heterocycles. The highest BCUT2D eigenvalue weighted by atomic mass is 35.5. The second-order valence-electron chi connectivity index (χ2n) is 5.33. The molecular weight excluding hydrogens is 246 g/mol. The maximum atomic E-state index is 12.1. The van der Waals surface area contributed by atoms with E-state index in [1.165, 1.54) is 0 Å². The number of likely N-dealkylation sites (N-methyl/N-ethyl adjacent to an activating group) is 1. The molecule has 100 valence electrons. The molecule has 0 heterocycles. The van der Waals surface area contributed by atoms with Gasteiger partial charge >= 0.3 is 0 Å². The monoisotopic (exact) mass is 267 g/mol. The van der Waals surface area contributed by atoms with Gasteiger partial charge in [-0.15, -0.1) is 0 Å². The van der Waals surface area contributed by atoms with Gasteiger partial charge in [-0.2, -0.15) is 0 Å². The topological polar surface area (TPSA) is 20.3 Å². The van der Waals surface area contributed by atoms with Crippen molar-refractivity contribution < 1.29 is 4.79 Å². The number of Topliss-reactive ketones (excluding diaryl/α,β-unsaturated/α-hetero) is 1. The number of rotatable bonds is 6. The maximum Gasteiger partial charge on any atom is 0.176 e. The van der Waals surface area contributed by atoms with Crippen molar-refractivity contribution in [2.75, 3.05) is 13.6 Å². The van der Waals surface area contributed by atoms with Crippen molar-refractivity contribution in [3.05, 3.63) is 34.9 Å². The Hall–Kier alpha value is -0.860. The number of halogens is 1. The molecule has 1 unspecified atom stereocenters. The Kier molecular flexibility index (Phi) is 5.83. The standard InChI is InChI=1S/C15H22ClNO/c1-11(2)8-12(3)17(4)10-15(18)13-6-5-7-14(16)9-13/h5-7,9,11-12H,8,10H2,1-4H3. The molecule has 0 N–H and O–H groups in total. The van der Waals surface area contributed by atoms with Crippen LogP contribution in [0.15, 0.2) is 24.3 Å². The summed E-state index contributed by atoms with van der Waals surface area (Å²) in [5.74, 6) is 0.763. The van der Waals surface area contributed by atoms with Gasteiger partial charge in [-0.1, -0.05) is 37.6 Å². The highest BCUT2D eigenvalue weighted by Gasteiger charge is 2.15. The minimum absolute atomic E-state index is 0.121. The van der Waals surface area contributed by atoms with E-state index in [2.05, 4.69) is 25.7 Å². The number of nitrogens with zero attached hydrogens (tertiary/aromatic N) is 1. The molecular formula is C15H22ClNO. The zero-order chi connectivity index (χ0) is 13.7. The Morgan fingerprint density at radius 2 is 2.00 bits per heavy atom. The van der Waals surface area contributed by atoms with Crippen LogP contribution in [-0.2, 0) is 0 Å². The SMILES string of the molecule is CC(C)CC(C)N(C)CC(=O)c1cccc(Cl)c1. The fourth-order valence-corrected chi connectivity index (χ4v) is 2.19. The minimum atomic E-state index is 0.121. The molecule has 0 spiro atoms. The lowest BCUT2D eigenvalue weighted by Crippen LogP contribution is -2.34. The molecule has 0 aliphatic heterocycles. The third-order valence-corrected chi connectivity index (χ3v) is 3.34. The highest BCUT2D eigenvalue weighted by Crippen LogP contribution is 2.13. The van der Waals surface area contributed by atoms with E-state index in [1.54, 1.807) is 12.1 Å². The van der Waals surface area contributed by atoms with Crippen LogP contribution < -0.4 is 0 Å². The van der Waals surface area contributed by atoms with Crippen LogP contribution in [0, 0.1) is 5.92 Å². The molecule has 0 saturated carbocycles. The fraction of sp³-hybridized carbons (Fsp3) is 0.533. The number of carbonyl (C=O) groups is 1. The first-order chi connectivity index (χ1) is 8.40. The predicted molar refractivity (Wildman–Crippen MR) is 77.3 cm³/mol. The van der Waals surface area contributed by atoms with Crippen LogP contribution in [0.4, 0.5) is 0 Å². The van der Waals surface area contributed by atoms with Gasteiger partial charge in [0, 0.05) is 16.6 Å². The number of benzene rings is 1. The van der Waals surface area contributed by atoms with Gasteiger partial charge in [-0.25, -0.2) is 0 Å². The Bertz CT molecular complexity index is 403. The largest absolute Gasteiger partial charge is 0.296 e. The molecule has 0 aliphatic carbocycles. The van der Waals surface area contributed by atoms with Crippen molar-refractivity contribution in [3.63, 3.8) is 0 Å². The Morgan fingerprint density at radius 1 is 1.33 bits per heavy atom. The van der Waals surface area contributed by atoms with Crippen molar-refractivity contribution in [2.24, 2.45) is 5.92 Å². The first-order valence-electron chi connectivity index (χ1n) is 6.39. The number of ketones is 1. The molecule has 0 fully saturated rings. The average molecular weight is 268 g/mol. The van der Waals surface area contributed by atoms with Crippen molar-refractivity contribution in [3.8, 4) is 0 Å². The van der Waals surface area contributed by atoms with Gasteiger partial charge in [0.15, 0.2) is 5.78 Å². The number of hydrogen-bond acceptors (Lipinski definition) is 2. The van der Waals surface area contributed by atoms with E-state index < -0.39 is 0 Å². The molecule has 0 saturated heterocycles. The number of hydrogen-bond donors (Lipinski definition) is 0. The summed E-state index contributed by atoms with van der Waals surface area (Å²) in [5.41, 5.74) is 0.686. The molecule has 2 nitrogen and oxygen atoms in total. The zero-order valence-corrected chi connectivity index (χ0v) is 12.4. The summed E-state index contributed by atoms with van der Waals surface area (Å²) in [6.45, 7) is 6.99. The average Bonchev–Trinajstić information content (AvgIpc) is 2.27. The normalized spacial score (nSPS) is 13.1. The summed E-state index contributed by atoms with van der Waals surface area (Å²) < 4.78 is 0. The molecule has 0 bridgehead atoms. The lowest BCUT2D eigenvalue weighted by atomic mass is 10.0. The molecule has 1 rings (SSSR count). The van der Waals surface area contributed by atoms with Crippen molar-refractivity contribution in [1.29, 1.82) is 0 Å². The molecule has 0 radical (unpaired) electrons. The highest BCUT2D eigenvalue weighted by molar-refractivity contribution is 6.31. The van der Waals surface area contributed by atoms with Crippen LogP contribution in [-0.4, -0.2) is 30.3 Å². The summed E-state index contributed by atoms with van der Waals surface area (Å²) in [7, 11) is 2.00. The number of carbonyl (C=O) groups excluding carboxylic acids is 1. The summed E-state index contributed by atoms with van der Waals surface area (Å²) in [5, 5.41) is 0.610. The lowest BCUT2D eigenvalue weighted by Gasteiger charge is -2.25. The molecule has 1 atom stereocenters. The van der Waals surface area contributed by atoms with E-state index in [1.807, 2.05) is 19.2 Å². The van der Waals surface area contributed by atoms with Gasteiger partial charge in [0.2, 0.25) is 0 Å². The van der Waals surface area contributed by atoms with Crippen LogP contribution in [0.3, 0.4) is 0 Å². The molecule has 0 amide bonds. The summed E-state index contributed by atoms with van der Waals surface area (Å²) in [4.78, 5) is 14.2. The second-order valence-corrected chi connectivity index (χ2v) is 5.76. The maximum absolute atomic E-state index is 12.1. The Morgan fingerprint density at radius 3 is 2.56 bits per heavy atom. The van der Waals surface area contributed by atoms with Crippen LogP contribution in [0.2, 0.25) is 5.02 Å². The van der Waals surface area contributed by atoms with Gasteiger partial charge in [0.05, 0.1) is 6.54 Å². The summed E-state index contributed by atoms with van der Waals surface area (Å²) in [6.07, 6.45) is 1.10. The van der Waals surface area contributed by atoms with Crippen LogP contribution in [0.5, 0.6) is 0 Å². The predicted octanol–water partition coefficient (Wildman–Crippen LogP) is 3.89. The first-order valence-corrected chi connectivity index (χ1v) is 6.77. The van der Waals surface area contributed by atoms with Crippen LogP contribution in [0.1, 0.15) is 37.6 Å². The Labute approximate surface area is 115 Å². The Balaban J connectivity index is 2.59. The molecule has 1 aromatic rings. The van der Waals surface area contributed by atoms with Crippen molar-refractivity contribution in [2.45, 2.75) is 33.2 Å². The third-order valence-electron chi connectivity index (χ3n) is 3.10. The minimum Gasteiger partial charge on any atom is -0.296 e. The fourth-order valence-electron chi connectivity index (χ4n) is 2.00. The second kappa shape index (κ2) is 6.91. The molecule has 18 heavy (non-hydrogen) atoms. The van der Waals surface area contributed by atoms with Gasteiger partial charge in [-0.05, 0) is 38.4 Å². The smallest absolute Gasteiger partial charge is 0.176 e. The van der Waals surface area contributed by atoms with Gasteiger partial charge in [-0.3, -0.25) is 9.69 Å². The summed E-state index contributed by atoms with van der Waals surface area (Å²) >= 11 is 5.89. The van der Waals surface area contributed by atoms with E-state index in [9.17, 15) is 4.79 Å². The van der Waals surface area contributed by atoms with E-state index in [0.29, 0.717) is 29.1 Å². The van der Waals surface area contributed by atoms with E-state index in [4.69, 9.17) is 11.6 Å². The van der Waals surface area contributed by atoms with Crippen molar-refractivity contribution in [1.82, 2.24) is 4.90 Å². The molecule has 3 heteroatoms. The van der Waals surface area contributed by atoms with Gasteiger partial charge in [0.1, 0.15) is 0 Å². The molecule has 0 aliphatic rings. The summed E-state index contributed by atoms with van der Waals surface area (Å²) in [6, 6.07) is 7.55. The van der Waals surface area contributed by atoms with Crippen LogP contribution >= 0.6 is 11.6 Å². The lowest BCUT2D eigenvalue weighted by molar-refractivity contribution is 0.0916. The third kappa shape index (κ3) is 4.79. The zero-order valence-electron chi connectivity index (χ0n) is 11.6.